The van der Waals surface area contributed by atoms with Crippen LogP contribution in [0, 0.1) is 11.6 Å². The molecule has 8 nitrogen and oxygen atoms in total. The van der Waals surface area contributed by atoms with Crippen LogP contribution in [0.2, 0.25) is 0 Å². The maximum atomic E-state index is 13.5. The van der Waals surface area contributed by atoms with Crippen molar-refractivity contribution in [3.8, 4) is 28.7 Å². The molecule has 1 saturated heterocycles. The molecular weight excluding hydrogens is 466 g/mol. The van der Waals surface area contributed by atoms with Gasteiger partial charge in [-0.2, -0.15) is 4.98 Å². The number of pyridine rings is 1. The number of hydrogen-bond donors (Lipinski definition) is 0. The first-order valence-corrected chi connectivity index (χ1v) is 11.5. The van der Waals surface area contributed by atoms with Crippen LogP contribution >= 0.6 is 0 Å². The Hall–Kier alpha value is -4.34. The van der Waals surface area contributed by atoms with Crippen molar-refractivity contribution >= 4 is 11.7 Å². The highest BCUT2D eigenvalue weighted by atomic mass is 19.1. The smallest absolute Gasteiger partial charge is 0.244 e. The highest BCUT2D eigenvalue weighted by molar-refractivity contribution is 5.77. The van der Waals surface area contributed by atoms with Gasteiger partial charge in [0.15, 0.2) is 11.6 Å². The maximum absolute atomic E-state index is 13.5. The average Bonchev–Trinajstić information content (AvgIpc) is 3.33. The molecule has 0 atom stereocenters. The molecular formula is C26H24F2N6O2. The first-order chi connectivity index (χ1) is 17.5. The van der Waals surface area contributed by atoms with Crippen molar-refractivity contribution in [1.29, 1.82) is 0 Å². The summed E-state index contributed by atoms with van der Waals surface area (Å²) in [6, 6.07) is 17.3. The van der Waals surface area contributed by atoms with Crippen LogP contribution in [0.1, 0.15) is 0 Å². The molecule has 3 heterocycles. The van der Waals surface area contributed by atoms with Crippen LogP contribution in [0.25, 0.3) is 22.8 Å². The third-order valence-electron chi connectivity index (χ3n) is 6.04. The zero-order valence-electron chi connectivity index (χ0n) is 19.6. The summed E-state index contributed by atoms with van der Waals surface area (Å²) in [6.45, 7) is 2.30. The number of amides is 1. The molecule has 0 bridgehead atoms. The van der Waals surface area contributed by atoms with Gasteiger partial charge in [-0.1, -0.05) is 6.07 Å². The number of anilines is 1. The number of hydrogen-bond acceptors (Lipinski definition) is 6. The van der Waals surface area contributed by atoms with Gasteiger partial charge in [-0.25, -0.2) is 18.4 Å². The second-order valence-electron chi connectivity index (χ2n) is 8.34. The van der Waals surface area contributed by atoms with Crippen LogP contribution in [0.5, 0.6) is 5.88 Å². The molecule has 1 amide bonds. The molecule has 36 heavy (non-hydrogen) atoms. The van der Waals surface area contributed by atoms with E-state index < -0.39 is 0 Å². The number of aromatic nitrogens is 4. The normalized spacial score (nSPS) is 13.6. The Balaban J connectivity index is 1.34. The van der Waals surface area contributed by atoms with Crippen molar-refractivity contribution in [2.45, 2.75) is 6.54 Å². The fraction of sp³-hybridized carbons (Fsp3) is 0.231. The van der Waals surface area contributed by atoms with Gasteiger partial charge >= 0.3 is 0 Å². The van der Waals surface area contributed by atoms with Gasteiger partial charge in [0.1, 0.15) is 24.0 Å². The van der Waals surface area contributed by atoms with Crippen LogP contribution in [-0.2, 0) is 11.3 Å². The molecule has 10 heteroatoms. The molecule has 2 aromatic heterocycles. The summed E-state index contributed by atoms with van der Waals surface area (Å²) >= 11 is 0. The molecule has 1 aliphatic heterocycles. The minimum Gasteiger partial charge on any atom is -0.481 e. The van der Waals surface area contributed by atoms with Crippen molar-refractivity contribution < 1.29 is 18.3 Å². The fourth-order valence-electron chi connectivity index (χ4n) is 4.09. The molecule has 0 unspecified atom stereocenters. The van der Waals surface area contributed by atoms with E-state index in [4.69, 9.17) is 4.74 Å². The van der Waals surface area contributed by atoms with E-state index in [0.29, 0.717) is 54.8 Å². The van der Waals surface area contributed by atoms with E-state index in [9.17, 15) is 13.6 Å². The third-order valence-corrected chi connectivity index (χ3v) is 6.04. The summed E-state index contributed by atoms with van der Waals surface area (Å²) in [5.74, 6) is 1.30. The van der Waals surface area contributed by atoms with Gasteiger partial charge in [0.25, 0.3) is 0 Å². The predicted octanol–water partition coefficient (Wildman–Crippen LogP) is 3.64. The summed E-state index contributed by atoms with van der Waals surface area (Å²) in [5, 5.41) is 4.53. The quantitative estimate of drug-likeness (QED) is 0.411. The highest BCUT2D eigenvalue weighted by Gasteiger charge is 2.24. The Morgan fingerprint density at radius 1 is 0.861 bits per heavy atom. The Morgan fingerprint density at radius 3 is 2.14 bits per heavy atom. The monoisotopic (exact) mass is 490 g/mol. The first kappa shape index (κ1) is 23.4. The number of methoxy groups -OCH3 is 1. The number of ether oxygens (including phenoxy) is 1. The summed E-state index contributed by atoms with van der Waals surface area (Å²) in [4.78, 5) is 26.2. The molecule has 2 aromatic carbocycles. The van der Waals surface area contributed by atoms with E-state index in [1.165, 1.54) is 28.9 Å². The number of carbonyl (C=O) groups excluding carboxylic acids is 1. The van der Waals surface area contributed by atoms with Gasteiger partial charge in [-0.3, -0.25) is 4.79 Å². The molecule has 1 aliphatic rings. The number of rotatable bonds is 6. The van der Waals surface area contributed by atoms with E-state index in [2.05, 4.69) is 20.0 Å². The molecule has 5 rings (SSSR count). The van der Waals surface area contributed by atoms with Crippen LogP contribution in [-0.4, -0.2) is 63.8 Å². The topological polar surface area (TPSA) is 76.4 Å². The Morgan fingerprint density at radius 2 is 1.50 bits per heavy atom. The van der Waals surface area contributed by atoms with Crippen LogP contribution in [0.15, 0.2) is 66.7 Å². The summed E-state index contributed by atoms with van der Waals surface area (Å²) in [5.41, 5.74) is 1.24. The first-order valence-electron chi connectivity index (χ1n) is 11.5. The fourth-order valence-corrected chi connectivity index (χ4v) is 4.09. The minimum atomic E-state index is -0.372. The van der Waals surface area contributed by atoms with E-state index in [1.54, 1.807) is 42.3 Å². The van der Waals surface area contributed by atoms with Gasteiger partial charge in [0.2, 0.25) is 11.8 Å². The lowest BCUT2D eigenvalue weighted by atomic mass is 10.2. The molecule has 0 saturated carbocycles. The standard InChI is InChI=1S/C26H24F2N6O2/c1-36-23-4-2-3-22(29-23)32-13-15-33(16-14-32)24(35)17-34-26(19-7-11-21(28)12-8-19)30-25(31-34)18-5-9-20(27)10-6-18/h2-12H,13-17H2,1H3. The maximum Gasteiger partial charge on any atom is 0.244 e. The van der Waals surface area contributed by atoms with Crippen molar-refractivity contribution in [1.82, 2.24) is 24.6 Å². The second-order valence-corrected chi connectivity index (χ2v) is 8.34. The lowest BCUT2D eigenvalue weighted by Crippen LogP contribution is -2.50. The van der Waals surface area contributed by atoms with Gasteiger partial charge in [0.05, 0.1) is 7.11 Å². The Bertz CT molecular complexity index is 1350. The minimum absolute atomic E-state index is 0.0295. The Kier molecular flexibility index (Phi) is 6.57. The summed E-state index contributed by atoms with van der Waals surface area (Å²) in [7, 11) is 1.58. The average molecular weight is 491 g/mol. The van der Waals surface area contributed by atoms with Crippen molar-refractivity contribution in [2.75, 3.05) is 38.2 Å². The number of halogens is 2. The third kappa shape index (κ3) is 5.02. The number of carbonyl (C=O) groups is 1. The zero-order valence-corrected chi connectivity index (χ0v) is 19.6. The van der Waals surface area contributed by atoms with E-state index in [1.807, 2.05) is 12.1 Å². The number of piperazine rings is 1. The second kappa shape index (κ2) is 10.1. The molecule has 4 aromatic rings. The van der Waals surface area contributed by atoms with Crippen LogP contribution in [0.3, 0.4) is 0 Å². The van der Waals surface area contributed by atoms with E-state index in [-0.39, 0.29) is 24.1 Å². The van der Waals surface area contributed by atoms with Crippen LogP contribution < -0.4 is 9.64 Å². The predicted molar refractivity (Wildman–Crippen MR) is 130 cm³/mol. The molecule has 1 fully saturated rings. The lowest BCUT2D eigenvalue weighted by molar-refractivity contribution is -0.132. The summed E-state index contributed by atoms with van der Waals surface area (Å²) in [6.07, 6.45) is 0. The van der Waals surface area contributed by atoms with Gasteiger partial charge in [-0.05, 0) is 54.6 Å². The molecule has 0 radical (unpaired) electrons. The SMILES string of the molecule is COc1cccc(N2CCN(C(=O)Cn3nc(-c4ccc(F)cc4)nc3-c3ccc(F)cc3)CC2)n1. The van der Waals surface area contributed by atoms with Crippen molar-refractivity contribution in [3.63, 3.8) is 0 Å². The summed E-state index contributed by atoms with van der Waals surface area (Å²) < 4.78 is 33.6. The number of benzene rings is 2. The van der Waals surface area contributed by atoms with Gasteiger partial charge in [-0.15, -0.1) is 5.10 Å². The molecule has 0 spiro atoms. The van der Waals surface area contributed by atoms with E-state index >= 15 is 0 Å². The Labute approximate surface area is 206 Å². The lowest BCUT2D eigenvalue weighted by Gasteiger charge is -2.35. The molecule has 0 aliphatic carbocycles. The van der Waals surface area contributed by atoms with Crippen LogP contribution in [0.4, 0.5) is 14.6 Å². The highest BCUT2D eigenvalue weighted by Crippen LogP contribution is 2.24. The number of nitrogens with zero attached hydrogens (tertiary/aromatic N) is 6. The zero-order chi connectivity index (χ0) is 25.1. The van der Waals surface area contributed by atoms with Crippen molar-refractivity contribution in [3.05, 3.63) is 78.4 Å². The van der Waals surface area contributed by atoms with Crippen molar-refractivity contribution in [2.24, 2.45) is 0 Å². The van der Waals surface area contributed by atoms with Gasteiger partial charge < -0.3 is 14.5 Å². The molecule has 184 valence electrons. The van der Waals surface area contributed by atoms with Gasteiger partial charge in [0, 0.05) is 43.4 Å². The van der Waals surface area contributed by atoms with E-state index in [0.717, 1.165) is 5.82 Å². The molecule has 0 N–H and O–H groups in total. The largest absolute Gasteiger partial charge is 0.481 e.